The Morgan fingerprint density at radius 3 is 2.44 bits per heavy atom. The lowest BCUT2D eigenvalue weighted by Gasteiger charge is -2.09. The van der Waals surface area contributed by atoms with E-state index in [9.17, 15) is 0 Å². The molecule has 2 rings (SSSR count). The molecule has 2 aromatic heterocycles. The maximum absolute atomic E-state index is 7.65. The molecule has 2 heterocycles. The average Bonchev–Trinajstić information content (AvgIpc) is 2.69. The fraction of sp³-hybridized carbons (Fsp3) is 0.300. The SMILES string of the molecule is Cc1nnc(Sc2nnc(C)c(C)c2C(=N)N)s1. The number of nitrogens with two attached hydrogens (primary N) is 1. The van der Waals surface area contributed by atoms with Crippen molar-refractivity contribution in [3.8, 4) is 0 Å². The molecular formula is C10H12N6S2. The Morgan fingerprint density at radius 2 is 1.89 bits per heavy atom. The Kier molecular flexibility index (Phi) is 3.58. The Balaban J connectivity index is 2.44. The van der Waals surface area contributed by atoms with Crippen molar-refractivity contribution in [3.05, 3.63) is 21.8 Å². The minimum atomic E-state index is -0.00534. The first-order valence-electron chi connectivity index (χ1n) is 5.15. The van der Waals surface area contributed by atoms with Crippen molar-refractivity contribution < 1.29 is 0 Å². The average molecular weight is 280 g/mol. The molecule has 0 saturated carbocycles. The Morgan fingerprint density at radius 1 is 1.17 bits per heavy atom. The molecule has 0 amide bonds. The summed E-state index contributed by atoms with van der Waals surface area (Å²) in [6.45, 7) is 5.62. The molecule has 8 heteroatoms. The van der Waals surface area contributed by atoms with E-state index in [4.69, 9.17) is 11.1 Å². The quantitative estimate of drug-likeness (QED) is 0.655. The fourth-order valence-corrected chi connectivity index (χ4v) is 3.25. The van der Waals surface area contributed by atoms with Crippen LogP contribution in [0.15, 0.2) is 9.37 Å². The third-order valence-corrected chi connectivity index (χ3v) is 4.25. The van der Waals surface area contributed by atoms with E-state index < -0.39 is 0 Å². The van der Waals surface area contributed by atoms with E-state index in [0.29, 0.717) is 10.6 Å². The number of rotatable bonds is 3. The molecule has 0 unspecified atom stereocenters. The third kappa shape index (κ3) is 2.49. The highest BCUT2D eigenvalue weighted by molar-refractivity contribution is 8.01. The van der Waals surface area contributed by atoms with Gasteiger partial charge in [-0.25, -0.2) is 0 Å². The standard InChI is InChI=1S/C10H12N6S2/c1-4-5(2)13-15-9(7(4)8(11)12)18-10-16-14-6(3)17-10/h1-3H3,(H3,11,12). The van der Waals surface area contributed by atoms with Crippen molar-refractivity contribution in [1.82, 2.24) is 20.4 Å². The fourth-order valence-electron chi connectivity index (χ4n) is 1.38. The van der Waals surface area contributed by atoms with Crippen LogP contribution in [0, 0.1) is 26.2 Å². The van der Waals surface area contributed by atoms with Crippen LogP contribution in [0.2, 0.25) is 0 Å². The van der Waals surface area contributed by atoms with Gasteiger partial charge in [0.15, 0.2) is 4.34 Å². The lowest BCUT2D eigenvalue weighted by Crippen LogP contribution is -2.16. The van der Waals surface area contributed by atoms with Crippen LogP contribution in [0.3, 0.4) is 0 Å². The zero-order chi connectivity index (χ0) is 13.3. The van der Waals surface area contributed by atoms with Gasteiger partial charge in [-0.2, -0.15) is 5.10 Å². The molecule has 0 aliphatic carbocycles. The Hall–Kier alpha value is -1.54. The number of nitrogens with zero attached hydrogens (tertiary/aromatic N) is 4. The predicted molar refractivity (Wildman–Crippen MR) is 71.3 cm³/mol. The summed E-state index contributed by atoms with van der Waals surface area (Å²) in [6.07, 6.45) is 0. The number of nitrogen functional groups attached to an aromatic ring is 1. The summed E-state index contributed by atoms with van der Waals surface area (Å²) in [6, 6.07) is 0. The summed E-state index contributed by atoms with van der Waals surface area (Å²) in [7, 11) is 0. The van der Waals surface area contributed by atoms with Gasteiger partial charge in [-0.1, -0.05) is 11.3 Å². The maximum Gasteiger partial charge on any atom is 0.180 e. The zero-order valence-electron chi connectivity index (χ0n) is 10.2. The number of aryl methyl sites for hydroxylation is 2. The van der Waals surface area contributed by atoms with Gasteiger partial charge in [0.05, 0.1) is 11.3 Å². The molecule has 94 valence electrons. The van der Waals surface area contributed by atoms with Crippen molar-refractivity contribution in [2.24, 2.45) is 5.73 Å². The van der Waals surface area contributed by atoms with Crippen LogP contribution < -0.4 is 5.73 Å². The van der Waals surface area contributed by atoms with E-state index in [2.05, 4.69) is 20.4 Å². The molecule has 0 aliphatic rings. The van der Waals surface area contributed by atoms with Gasteiger partial charge in [0.25, 0.3) is 0 Å². The van der Waals surface area contributed by atoms with Gasteiger partial charge in [-0.05, 0) is 38.1 Å². The van der Waals surface area contributed by atoms with Crippen LogP contribution in [-0.2, 0) is 0 Å². The lowest BCUT2D eigenvalue weighted by atomic mass is 10.1. The number of nitrogens with one attached hydrogen (secondary N) is 1. The second kappa shape index (κ2) is 4.99. The zero-order valence-corrected chi connectivity index (χ0v) is 11.8. The molecule has 0 radical (unpaired) electrons. The van der Waals surface area contributed by atoms with Crippen molar-refractivity contribution in [3.63, 3.8) is 0 Å². The predicted octanol–water partition coefficient (Wildman–Crippen LogP) is 1.69. The largest absolute Gasteiger partial charge is 0.384 e. The van der Waals surface area contributed by atoms with E-state index in [1.165, 1.54) is 23.1 Å². The lowest BCUT2D eigenvalue weighted by molar-refractivity contribution is 0.870. The normalized spacial score (nSPS) is 10.6. The van der Waals surface area contributed by atoms with Crippen LogP contribution in [-0.4, -0.2) is 26.2 Å². The van der Waals surface area contributed by atoms with Crippen LogP contribution in [0.4, 0.5) is 0 Å². The summed E-state index contributed by atoms with van der Waals surface area (Å²) < 4.78 is 0.771. The molecule has 18 heavy (non-hydrogen) atoms. The van der Waals surface area contributed by atoms with Crippen molar-refractivity contribution in [1.29, 1.82) is 5.41 Å². The molecule has 6 nitrogen and oxygen atoms in total. The minimum absolute atomic E-state index is 0.00534. The summed E-state index contributed by atoms with van der Waals surface area (Å²) in [5.74, 6) is -0.00534. The summed E-state index contributed by atoms with van der Waals surface area (Å²) in [5.41, 5.74) is 7.89. The molecular weight excluding hydrogens is 268 g/mol. The van der Waals surface area contributed by atoms with Gasteiger partial charge in [0.2, 0.25) is 0 Å². The van der Waals surface area contributed by atoms with Gasteiger partial charge in [-0.15, -0.1) is 15.3 Å². The van der Waals surface area contributed by atoms with Crippen molar-refractivity contribution >= 4 is 28.9 Å². The maximum atomic E-state index is 7.65. The first-order chi connectivity index (χ1) is 8.49. The number of aromatic nitrogens is 4. The first kappa shape index (κ1) is 12.9. The van der Waals surface area contributed by atoms with E-state index >= 15 is 0 Å². The van der Waals surface area contributed by atoms with Crippen LogP contribution in [0.1, 0.15) is 21.8 Å². The molecule has 3 N–H and O–H groups in total. The van der Waals surface area contributed by atoms with Gasteiger partial charge < -0.3 is 5.73 Å². The molecule has 0 saturated heterocycles. The smallest absolute Gasteiger partial charge is 0.180 e. The van der Waals surface area contributed by atoms with Crippen LogP contribution in [0.5, 0.6) is 0 Å². The molecule has 0 bridgehead atoms. The number of amidine groups is 1. The summed E-state index contributed by atoms with van der Waals surface area (Å²) in [5, 5.41) is 25.2. The van der Waals surface area contributed by atoms with E-state index in [1.807, 2.05) is 20.8 Å². The van der Waals surface area contributed by atoms with E-state index in [-0.39, 0.29) is 5.84 Å². The van der Waals surface area contributed by atoms with E-state index in [1.54, 1.807) is 0 Å². The van der Waals surface area contributed by atoms with Gasteiger partial charge in [0, 0.05) is 0 Å². The minimum Gasteiger partial charge on any atom is -0.384 e. The number of hydrogen-bond acceptors (Lipinski definition) is 7. The highest BCUT2D eigenvalue weighted by atomic mass is 32.2. The molecule has 0 aromatic carbocycles. The second-order valence-electron chi connectivity index (χ2n) is 3.69. The molecule has 0 spiro atoms. The van der Waals surface area contributed by atoms with Gasteiger partial charge in [-0.3, -0.25) is 5.41 Å². The monoisotopic (exact) mass is 280 g/mol. The molecule has 0 atom stereocenters. The highest BCUT2D eigenvalue weighted by Crippen LogP contribution is 2.31. The van der Waals surface area contributed by atoms with Crippen molar-refractivity contribution in [2.75, 3.05) is 0 Å². The Labute approximate surface area is 113 Å². The first-order valence-corrected chi connectivity index (χ1v) is 6.78. The highest BCUT2D eigenvalue weighted by Gasteiger charge is 2.16. The van der Waals surface area contributed by atoms with E-state index in [0.717, 1.165) is 20.6 Å². The van der Waals surface area contributed by atoms with Gasteiger partial charge >= 0.3 is 0 Å². The van der Waals surface area contributed by atoms with Crippen LogP contribution in [0.25, 0.3) is 0 Å². The topological polar surface area (TPSA) is 101 Å². The third-order valence-electron chi connectivity index (χ3n) is 2.38. The van der Waals surface area contributed by atoms with Gasteiger partial charge in [0.1, 0.15) is 15.9 Å². The van der Waals surface area contributed by atoms with Crippen molar-refractivity contribution in [2.45, 2.75) is 30.1 Å². The Bertz CT molecular complexity index is 606. The molecule has 0 aliphatic heterocycles. The number of hydrogen-bond donors (Lipinski definition) is 2. The van der Waals surface area contributed by atoms with Crippen LogP contribution >= 0.6 is 23.1 Å². The summed E-state index contributed by atoms with van der Waals surface area (Å²) in [4.78, 5) is 0. The molecule has 0 fully saturated rings. The summed E-state index contributed by atoms with van der Waals surface area (Å²) >= 11 is 2.81. The molecule has 2 aromatic rings. The second-order valence-corrected chi connectivity index (χ2v) is 6.11.